The normalized spacial score (nSPS) is 29.2. The minimum absolute atomic E-state index is 0.0942. The van der Waals surface area contributed by atoms with E-state index >= 15 is 4.39 Å². The lowest BCUT2D eigenvalue weighted by molar-refractivity contribution is -0.123. The molecule has 5 rings (SSSR count). The summed E-state index contributed by atoms with van der Waals surface area (Å²) in [6.07, 6.45) is 1.44. The third-order valence-electron chi connectivity index (χ3n) is 9.80. The first-order valence-electron chi connectivity index (χ1n) is 16.2. The van der Waals surface area contributed by atoms with E-state index < -0.39 is 46.4 Å². The van der Waals surface area contributed by atoms with Gasteiger partial charge in [-0.15, -0.1) is 10.8 Å². The second-order valence-electron chi connectivity index (χ2n) is 13.2. The van der Waals surface area contributed by atoms with Crippen molar-refractivity contribution < 1.29 is 37.3 Å². The first kappa shape index (κ1) is 35.8. The minimum Gasteiger partial charge on any atom is -0.465 e. The highest BCUT2D eigenvalue weighted by Gasteiger charge is 2.43. The number of nitrogens with zero attached hydrogens (tertiary/aromatic N) is 2. The molecule has 0 saturated carbocycles. The molecule has 2 bridgehead atoms. The quantitative estimate of drug-likeness (QED) is 0.199. The molecule has 0 radical (unpaired) electrons. The maximum absolute atomic E-state index is 15.4. The molecule has 2 aromatic carbocycles. The summed E-state index contributed by atoms with van der Waals surface area (Å²) in [4.78, 5) is 27.7. The minimum atomic E-state index is -2.95. The van der Waals surface area contributed by atoms with Crippen LogP contribution in [0.25, 0.3) is 0 Å². The molecular weight excluding hydrogens is 654 g/mol. The van der Waals surface area contributed by atoms with Gasteiger partial charge in [0, 0.05) is 49.4 Å². The fourth-order valence-corrected chi connectivity index (χ4v) is 9.58. The fourth-order valence-electron chi connectivity index (χ4n) is 7.60. The summed E-state index contributed by atoms with van der Waals surface area (Å²) >= 11 is 6.00. The Hall–Kier alpha value is -2.52. The van der Waals surface area contributed by atoms with E-state index in [0.717, 1.165) is 11.3 Å². The highest BCUT2D eigenvalue weighted by molar-refractivity contribution is 8.22. The van der Waals surface area contributed by atoms with Gasteiger partial charge in [-0.3, -0.25) is 18.8 Å². The molecule has 2 aromatic rings. The van der Waals surface area contributed by atoms with Crippen LogP contribution in [0.15, 0.2) is 36.4 Å². The average Bonchev–Trinajstić information content (AvgIpc) is 3.11. The molecule has 47 heavy (non-hydrogen) atoms. The van der Waals surface area contributed by atoms with Crippen molar-refractivity contribution in [3.8, 4) is 0 Å². The number of carbonyl (C=O) groups is 2. The van der Waals surface area contributed by atoms with Gasteiger partial charge in [-0.05, 0) is 88.1 Å². The number of rotatable bonds is 9. The molecular formula is C33H45ClF2N4O6S. The lowest BCUT2D eigenvalue weighted by Gasteiger charge is -2.49. The summed E-state index contributed by atoms with van der Waals surface area (Å²) < 4.78 is 59.7. The third-order valence-corrected chi connectivity index (χ3v) is 12.1. The van der Waals surface area contributed by atoms with Crippen LogP contribution in [0.4, 0.5) is 19.3 Å². The Morgan fingerprint density at radius 2 is 1.89 bits per heavy atom. The van der Waals surface area contributed by atoms with Crippen LogP contribution in [0.3, 0.4) is 0 Å². The highest BCUT2D eigenvalue weighted by Crippen LogP contribution is 2.49. The molecule has 3 saturated heterocycles. The fraction of sp³-hybridized carbons (Fsp3) is 0.576. The molecule has 0 spiro atoms. The molecule has 2 unspecified atom stereocenters. The Morgan fingerprint density at radius 1 is 1.17 bits per heavy atom. The van der Waals surface area contributed by atoms with Crippen molar-refractivity contribution >= 4 is 40.1 Å². The number of fused-ring (bicyclic) bond motifs is 2. The van der Waals surface area contributed by atoms with E-state index in [1.165, 1.54) is 31.3 Å². The number of piperazine rings is 1. The second-order valence-corrected chi connectivity index (χ2v) is 15.7. The van der Waals surface area contributed by atoms with Gasteiger partial charge in [0.1, 0.15) is 17.7 Å². The van der Waals surface area contributed by atoms with E-state index in [0.29, 0.717) is 50.1 Å². The van der Waals surface area contributed by atoms with E-state index in [9.17, 15) is 28.2 Å². The van der Waals surface area contributed by atoms with Gasteiger partial charge in [0.05, 0.1) is 23.0 Å². The second kappa shape index (κ2) is 14.9. The number of hydrogen-bond acceptors (Lipinski definition) is 7. The van der Waals surface area contributed by atoms with E-state index in [2.05, 4.69) is 10.6 Å². The molecule has 0 aromatic heterocycles. The Kier molecular flexibility index (Phi) is 11.4. The van der Waals surface area contributed by atoms with Gasteiger partial charge >= 0.3 is 6.09 Å². The Balaban J connectivity index is 1.45. The van der Waals surface area contributed by atoms with Crippen molar-refractivity contribution in [3.63, 3.8) is 0 Å². The molecule has 3 aliphatic heterocycles. The van der Waals surface area contributed by atoms with Crippen LogP contribution in [0.5, 0.6) is 0 Å². The van der Waals surface area contributed by atoms with Gasteiger partial charge in [0.15, 0.2) is 0 Å². The Morgan fingerprint density at radius 3 is 2.57 bits per heavy atom. The summed E-state index contributed by atoms with van der Waals surface area (Å²) in [5, 5.41) is 16.3. The summed E-state index contributed by atoms with van der Waals surface area (Å²) in [7, 11) is -1.65. The number of anilines is 1. The number of hydrogen-bond donors (Lipinski definition) is 5. The first-order chi connectivity index (χ1) is 22.2. The Bertz CT molecular complexity index is 1450. The van der Waals surface area contributed by atoms with Gasteiger partial charge < -0.3 is 20.5 Å². The molecule has 0 aliphatic carbocycles. The van der Waals surface area contributed by atoms with Crippen molar-refractivity contribution in [2.24, 2.45) is 5.92 Å². The summed E-state index contributed by atoms with van der Waals surface area (Å²) in [6, 6.07) is 7.18. The number of nitrogens with one attached hydrogen (secondary N) is 2. The van der Waals surface area contributed by atoms with Gasteiger partial charge in [-0.25, -0.2) is 17.9 Å². The molecule has 14 heteroatoms. The zero-order chi connectivity index (χ0) is 34.0. The van der Waals surface area contributed by atoms with Crippen molar-refractivity contribution in [2.45, 2.75) is 88.6 Å². The summed E-state index contributed by atoms with van der Waals surface area (Å²) in [5.41, 5.74) is 0.844. The smallest absolute Gasteiger partial charge is 0.407 e. The average molecular weight is 699 g/mol. The zero-order valence-corrected chi connectivity index (χ0v) is 28.4. The van der Waals surface area contributed by atoms with Gasteiger partial charge in [0.25, 0.3) is 0 Å². The van der Waals surface area contributed by atoms with Crippen LogP contribution in [-0.2, 0) is 16.0 Å². The number of ether oxygens (including phenoxy) is 1. The molecule has 10 nitrogen and oxygen atoms in total. The first-order valence-corrected chi connectivity index (χ1v) is 18.2. The standard InChI is InChI=1S/C33H45ClF2N4O6S/c1-19-14-22(15-20(2)46-19)30(21-9-12-26(34)28(36)16-21)31(39(3)33(42)43)32(41)38-29-8-4-7-27(35)25(29)11-10-24-17-37-23-6-5-13-47(44,45)40(24)18-23/h4,7-9,12,16,19-20,22-24,30-31,37,44-45H,5-6,10-11,13-15,17-18H2,1-3H3,(H,38,41)(H,42,43)/t19-,20+,22?,23-,24+,30+,31+/m1/s1. The number of likely N-dealkylation sites (N-methyl/N-ethyl adjacent to an activating group) is 1. The van der Waals surface area contributed by atoms with Crippen molar-refractivity contribution in [1.82, 2.24) is 14.5 Å². The monoisotopic (exact) mass is 698 g/mol. The predicted molar refractivity (Wildman–Crippen MR) is 179 cm³/mol. The number of amides is 2. The lowest BCUT2D eigenvalue weighted by Crippen LogP contribution is -2.55. The third kappa shape index (κ3) is 8.21. The largest absolute Gasteiger partial charge is 0.465 e. The van der Waals surface area contributed by atoms with Crippen molar-refractivity contribution in [2.75, 3.05) is 31.2 Å². The van der Waals surface area contributed by atoms with Crippen molar-refractivity contribution in [1.29, 1.82) is 0 Å². The molecule has 5 N–H and O–H groups in total. The SMILES string of the molecule is C[C@@H]1CC([C@H](c2ccc(Cl)c(F)c2)[C@@H](C(=O)Nc2cccc(F)c2CC[C@H]2CN[C@@H]3CCCS(O)(O)N2C3)N(C)C(=O)O)C[C@H](C)O1. The molecule has 3 fully saturated rings. The highest BCUT2D eigenvalue weighted by atomic mass is 35.5. The van der Waals surface area contributed by atoms with Crippen LogP contribution in [0, 0.1) is 17.6 Å². The topological polar surface area (TPSA) is 135 Å². The molecule has 260 valence electrons. The van der Waals surface area contributed by atoms with Crippen LogP contribution in [0.1, 0.15) is 63.0 Å². The Labute approximate surface area is 281 Å². The van der Waals surface area contributed by atoms with Crippen LogP contribution >= 0.6 is 22.4 Å². The lowest BCUT2D eigenvalue weighted by atomic mass is 9.73. The molecule has 2 amide bonds. The summed E-state index contributed by atoms with van der Waals surface area (Å²) in [5.74, 6) is -2.64. The van der Waals surface area contributed by atoms with Crippen LogP contribution < -0.4 is 10.6 Å². The molecule has 3 heterocycles. The number of carbonyl (C=O) groups excluding carboxylic acids is 1. The van der Waals surface area contributed by atoms with E-state index in [4.69, 9.17) is 16.3 Å². The zero-order valence-electron chi connectivity index (χ0n) is 26.9. The maximum Gasteiger partial charge on any atom is 0.407 e. The number of carboxylic acid groups (broad SMARTS) is 1. The van der Waals surface area contributed by atoms with Crippen LogP contribution in [-0.4, -0.2) is 91.6 Å². The summed E-state index contributed by atoms with van der Waals surface area (Å²) in [6.45, 7) is 4.82. The van der Waals surface area contributed by atoms with E-state index in [1.807, 2.05) is 13.8 Å². The van der Waals surface area contributed by atoms with Crippen LogP contribution in [0.2, 0.25) is 5.02 Å². The number of halogens is 3. The molecule has 8 atom stereocenters. The van der Waals surface area contributed by atoms with Crippen molar-refractivity contribution in [3.05, 3.63) is 64.2 Å². The number of benzene rings is 2. The van der Waals surface area contributed by atoms with E-state index in [1.54, 1.807) is 16.4 Å². The van der Waals surface area contributed by atoms with Gasteiger partial charge in [-0.2, -0.15) is 0 Å². The van der Waals surface area contributed by atoms with Gasteiger partial charge in [-0.1, -0.05) is 23.7 Å². The van der Waals surface area contributed by atoms with Gasteiger partial charge in [0.2, 0.25) is 5.91 Å². The molecule has 3 aliphatic rings. The maximum atomic E-state index is 15.4. The predicted octanol–water partition coefficient (Wildman–Crippen LogP) is 6.56. The van der Waals surface area contributed by atoms with E-state index in [-0.39, 0.29) is 52.9 Å².